The molecule has 1 aromatic heterocycles. The second-order valence-electron chi connectivity index (χ2n) is 10.3. The molecule has 1 aromatic carbocycles. The van der Waals surface area contributed by atoms with Crippen LogP contribution in [-0.4, -0.2) is 66.4 Å². The van der Waals surface area contributed by atoms with Crippen LogP contribution in [0, 0.1) is 11.8 Å². The normalized spacial score (nSPS) is 21.5. The summed E-state index contributed by atoms with van der Waals surface area (Å²) in [5.41, 5.74) is 8.10. The molecule has 4 rings (SSSR count). The topological polar surface area (TPSA) is 124 Å². The van der Waals surface area contributed by atoms with Crippen molar-refractivity contribution in [3.8, 4) is 5.75 Å². The highest BCUT2D eigenvalue weighted by Crippen LogP contribution is 2.36. The fourth-order valence-electron chi connectivity index (χ4n) is 5.63. The Bertz CT molecular complexity index is 1110. The molecule has 0 radical (unpaired) electrons. The Morgan fingerprint density at radius 2 is 1.84 bits per heavy atom. The Hall–Kier alpha value is -3.30. The molecule has 0 aliphatic carbocycles. The number of benzene rings is 1. The number of methoxy groups -OCH3 is 1. The number of ketones is 1. The second-order valence-corrected chi connectivity index (χ2v) is 10.3. The Kier molecular flexibility index (Phi) is 9.47. The second kappa shape index (κ2) is 13.0. The minimum atomic E-state index is -0.681. The molecule has 2 fully saturated rings. The summed E-state index contributed by atoms with van der Waals surface area (Å²) in [5, 5.41) is 2.94. The molecule has 4 atom stereocenters. The van der Waals surface area contributed by atoms with E-state index in [9.17, 15) is 14.4 Å². The zero-order valence-corrected chi connectivity index (χ0v) is 22.2. The number of nitrogens with two attached hydrogens (primary N) is 1. The number of para-hydroxylation sites is 1. The van der Waals surface area contributed by atoms with Crippen LogP contribution < -0.4 is 15.8 Å². The maximum atomic E-state index is 13.6. The number of aromatic nitrogens is 1. The number of nitrogens with zero attached hydrogens (tertiary/aromatic N) is 2. The van der Waals surface area contributed by atoms with Gasteiger partial charge in [-0.2, -0.15) is 0 Å². The third-order valence-corrected chi connectivity index (χ3v) is 7.82. The lowest BCUT2D eigenvalue weighted by molar-refractivity contribution is -0.139. The monoisotopic (exact) mass is 522 g/mol. The van der Waals surface area contributed by atoms with Crippen LogP contribution in [0.5, 0.6) is 5.75 Å². The molecule has 0 saturated carbocycles. The lowest BCUT2D eigenvalue weighted by Crippen LogP contribution is -2.51. The van der Waals surface area contributed by atoms with Crippen molar-refractivity contribution in [1.82, 2.24) is 15.2 Å². The molecule has 9 nitrogen and oxygen atoms in total. The third kappa shape index (κ3) is 6.76. The molecule has 2 unspecified atom stereocenters. The number of likely N-dealkylation sites (tertiary alicyclic amines) is 1. The number of pyridine rings is 1. The van der Waals surface area contributed by atoms with E-state index >= 15 is 0 Å². The highest BCUT2D eigenvalue weighted by Gasteiger charge is 2.43. The molecular formula is C29H38N4O5. The average Bonchev–Trinajstić information content (AvgIpc) is 3.39. The number of hydrogen-bond donors (Lipinski definition) is 2. The van der Waals surface area contributed by atoms with Gasteiger partial charge < -0.3 is 25.4 Å². The fraction of sp³-hybridized carbons (Fsp3) is 0.517. The molecule has 38 heavy (non-hydrogen) atoms. The Morgan fingerprint density at radius 3 is 2.53 bits per heavy atom. The van der Waals surface area contributed by atoms with Crippen molar-refractivity contribution >= 4 is 17.6 Å². The SMILES string of the molecule is COc1ccccc1C(N)CC(=O)N1CC(C2CCOCC2)C[C@H]1C(=O)N[C@@H](Cc1ccncc1)C(C)=O. The zero-order chi connectivity index (χ0) is 27.1. The highest BCUT2D eigenvalue weighted by atomic mass is 16.5. The van der Waals surface area contributed by atoms with Crippen LogP contribution >= 0.6 is 0 Å². The van der Waals surface area contributed by atoms with Crippen molar-refractivity contribution in [2.45, 2.75) is 57.2 Å². The van der Waals surface area contributed by atoms with Crippen LogP contribution in [0.3, 0.4) is 0 Å². The van der Waals surface area contributed by atoms with Gasteiger partial charge in [0.1, 0.15) is 11.8 Å². The van der Waals surface area contributed by atoms with Gasteiger partial charge in [0, 0.05) is 50.2 Å². The maximum absolute atomic E-state index is 13.6. The van der Waals surface area contributed by atoms with Gasteiger partial charge in [0.25, 0.3) is 0 Å². The van der Waals surface area contributed by atoms with Crippen molar-refractivity contribution in [3.05, 3.63) is 59.9 Å². The Balaban J connectivity index is 1.50. The van der Waals surface area contributed by atoms with E-state index in [4.69, 9.17) is 15.2 Å². The van der Waals surface area contributed by atoms with E-state index in [1.807, 2.05) is 36.4 Å². The molecule has 2 aromatic rings. The van der Waals surface area contributed by atoms with Gasteiger partial charge in [-0.05, 0) is 68.2 Å². The first-order chi connectivity index (χ1) is 18.4. The highest BCUT2D eigenvalue weighted by molar-refractivity contribution is 5.92. The van der Waals surface area contributed by atoms with Crippen molar-refractivity contribution in [2.24, 2.45) is 17.6 Å². The van der Waals surface area contributed by atoms with E-state index in [1.54, 1.807) is 24.4 Å². The average molecular weight is 523 g/mol. The summed E-state index contributed by atoms with van der Waals surface area (Å²) >= 11 is 0. The molecule has 2 saturated heterocycles. The van der Waals surface area contributed by atoms with Crippen LogP contribution in [0.15, 0.2) is 48.8 Å². The number of ether oxygens (including phenoxy) is 2. The molecule has 0 bridgehead atoms. The summed E-state index contributed by atoms with van der Waals surface area (Å²) in [4.78, 5) is 45.3. The van der Waals surface area contributed by atoms with Crippen LogP contribution in [0.2, 0.25) is 0 Å². The molecule has 204 valence electrons. The van der Waals surface area contributed by atoms with E-state index in [1.165, 1.54) is 6.92 Å². The third-order valence-electron chi connectivity index (χ3n) is 7.82. The van der Waals surface area contributed by atoms with Crippen molar-refractivity contribution < 1.29 is 23.9 Å². The predicted molar refractivity (Wildman–Crippen MR) is 142 cm³/mol. The summed E-state index contributed by atoms with van der Waals surface area (Å²) in [6.45, 7) is 3.36. The standard InChI is InChI=1S/C29H38N4O5/c1-19(34)25(15-20-7-11-31-12-8-20)32-29(36)26-16-22(21-9-13-38-14-10-21)18-33(26)28(35)17-24(30)23-5-3-4-6-27(23)37-2/h3-8,11-12,21-22,24-26H,9-10,13-18,30H2,1-2H3,(H,32,36)/t22?,24?,25-,26-/m0/s1. The lowest BCUT2D eigenvalue weighted by Gasteiger charge is -2.28. The number of carbonyl (C=O) groups excluding carboxylic acids is 3. The smallest absolute Gasteiger partial charge is 0.243 e. The molecule has 3 N–H and O–H groups in total. The van der Waals surface area contributed by atoms with E-state index in [2.05, 4.69) is 10.3 Å². The van der Waals surface area contributed by atoms with Crippen molar-refractivity contribution in [1.29, 1.82) is 0 Å². The number of nitrogens with one attached hydrogen (secondary N) is 1. The summed E-state index contributed by atoms with van der Waals surface area (Å²) in [7, 11) is 1.57. The number of hydrogen-bond acceptors (Lipinski definition) is 7. The predicted octanol–water partition coefficient (Wildman–Crippen LogP) is 2.44. The largest absolute Gasteiger partial charge is 0.496 e. The first-order valence-electron chi connectivity index (χ1n) is 13.3. The summed E-state index contributed by atoms with van der Waals surface area (Å²) in [6, 6.07) is 9.14. The molecular weight excluding hydrogens is 484 g/mol. The number of carbonyl (C=O) groups is 3. The van der Waals surface area contributed by atoms with E-state index in [0.29, 0.717) is 44.3 Å². The number of rotatable bonds is 10. The van der Waals surface area contributed by atoms with E-state index < -0.39 is 18.1 Å². The van der Waals surface area contributed by atoms with Gasteiger partial charge in [-0.3, -0.25) is 19.4 Å². The first-order valence-corrected chi connectivity index (χ1v) is 13.3. The minimum Gasteiger partial charge on any atom is -0.496 e. The molecule has 3 heterocycles. The Labute approximate surface area is 224 Å². The van der Waals surface area contributed by atoms with Crippen LogP contribution in [0.4, 0.5) is 0 Å². The lowest BCUT2D eigenvalue weighted by atomic mass is 9.84. The van der Waals surface area contributed by atoms with Crippen molar-refractivity contribution in [3.63, 3.8) is 0 Å². The van der Waals surface area contributed by atoms with Crippen LogP contribution in [-0.2, 0) is 25.5 Å². The van der Waals surface area contributed by atoms with Crippen LogP contribution in [0.25, 0.3) is 0 Å². The van der Waals surface area contributed by atoms with Gasteiger partial charge in [-0.15, -0.1) is 0 Å². The van der Waals surface area contributed by atoms with Gasteiger partial charge in [-0.1, -0.05) is 18.2 Å². The molecule has 2 aliphatic rings. The van der Waals surface area contributed by atoms with Gasteiger partial charge >= 0.3 is 0 Å². The van der Waals surface area contributed by atoms with E-state index in [0.717, 1.165) is 24.0 Å². The zero-order valence-electron chi connectivity index (χ0n) is 22.2. The first kappa shape index (κ1) is 27.7. The van der Waals surface area contributed by atoms with Gasteiger partial charge in [-0.25, -0.2) is 0 Å². The van der Waals surface area contributed by atoms with Gasteiger partial charge in [0.2, 0.25) is 11.8 Å². The minimum absolute atomic E-state index is 0.0534. The van der Waals surface area contributed by atoms with Gasteiger partial charge in [0.15, 0.2) is 5.78 Å². The van der Waals surface area contributed by atoms with Crippen molar-refractivity contribution in [2.75, 3.05) is 26.9 Å². The van der Waals surface area contributed by atoms with Gasteiger partial charge in [0.05, 0.1) is 13.2 Å². The van der Waals surface area contributed by atoms with E-state index in [-0.39, 0.29) is 29.9 Å². The quantitative estimate of drug-likeness (QED) is 0.491. The number of Topliss-reactive ketones (excluding diaryl/α,β-unsaturated/α-hetero) is 1. The molecule has 2 aliphatic heterocycles. The summed E-state index contributed by atoms with van der Waals surface area (Å²) < 4.78 is 11.0. The molecule has 9 heteroatoms. The van der Waals surface area contributed by atoms with Crippen LogP contribution in [0.1, 0.15) is 49.8 Å². The maximum Gasteiger partial charge on any atom is 0.243 e. The number of amides is 2. The summed E-state index contributed by atoms with van der Waals surface area (Å²) in [6.07, 6.45) is 6.14. The molecule has 2 amide bonds. The fourth-order valence-corrected chi connectivity index (χ4v) is 5.63. The summed E-state index contributed by atoms with van der Waals surface area (Å²) in [5.74, 6) is 0.603. The molecule has 0 spiro atoms. The Morgan fingerprint density at radius 1 is 1.13 bits per heavy atom.